The smallest absolute Gasteiger partial charge is 0.271 e. The number of nitrogens with one attached hydrogen (secondary N) is 1. The Labute approximate surface area is 170 Å². The molecule has 1 aromatic heterocycles. The lowest BCUT2D eigenvalue weighted by atomic mass is 9.97. The van der Waals surface area contributed by atoms with Gasteiger partial charge in [0, 0.05) is 30.0 Å². The fourth-order valence-corrected chi connectivity index (χ4v) is 3.51. The van der Waals surface area contributed by atoms with E-state index in [0.717, 1.165) is 24.8 Å². The second kappa shape index (κ2) is 9.82. The second-order valence-electron chi connectivity index (χ2n) is 7.22. The number of aromatic nitrogens is 1. The summed E-state index contributed by atoms with van der Waals surface area (Å²) in [5, 5.41) is 3.93. The van der Waals surface area contributed by atoms with Crippen LogP contribution in [-0.2, 0) is 4.79 Å². The van der Waals surface area contributed by atoms with Gasteiger partial charge in [0.25, 0.3) is 11.8 Å². The van der Waals surface area contributed by atoms with Gasteiger partial charge in [-0.2, -0.15) is 5.10 Å². The number of pyridine rings is 1. The van der Waals surface area contributed by atoms with E-state index in [0.29, 0.717) is 11.3 Å². The van der Waals surface area contributed by atoms with Crippen molar-refractivity contribution in [1.82, 2.24) is 15.3 Å². The Bertz CT molecular complexity index is 842. The number of rotatable bonds is 6. The quantitative estimate of drug-likeness (QED) is 0.603. The third-order valence-corrected chi connectivity index (χ3v) is 5.05. The molecule has 1 aromatic carbocycles. The van der Waals surface area contributed by atoms with Crippen LogP contribution < -0.4 is 10.2 Å². The Morgan fingerprint density at radius 2 is 1.79 bits per heavy atom. The van der Waals surface area contributed by atoms with Crippen molar-refractivity contribution in [3.63, 3.8) is 0 Å². The van der Waals surface area contributed by atoms with Crippen LogP contribution in [0.3, 0.4) is 0 Å². The number of carbonyl (C=O) groups excluding carboxylic acids is 2. The van der Waals surface area contributed by atoms with E-state index < -0.39 is 0 Å². The number of hydrogen-bond acceptors (Lipinski definition) is 5. The first-order chi connectivity index (χ1) is 14.0. The number of ether oxygens (including phenoxy) is 1. The molecule has 2 atom stereocenters. The third kappa shape index (κ3) is 5.63. The van der Waals surface area contributed by atoms with E-state index in [2.05, 4.69) is 29.4 Å². The summed E-state index contributed by atoms with van der Waals surface area (Å²) in [6.45, 7) is 4.16. The Morgan fingerprint density at radius 1 is 1.14 bits per heavy atom. The van der Waals surface area contributed by atoms with E-state index in [-0.39, 0.29) is 30.5 Å². The third-order valence-electron chi connectivity index (χ3n) is 5.05. The van der Waals surface area contributed by atoms with Crippen molar-refractivity contribution in [3.05, 3.63) is 59.9 Å². The van der Waals surface area contributed by atoms with E-state index in [1.54, 1.807) is 55.0 Å². The maximum absolute atomic E-state index is 12.5. The van der Waals surface area contributed by atoms with Gasteiger partial charge in [0.05, 0.1) is 6.21 Å². The standard InChI is InChI=1S/C22H26N4O3/c1-16-4-3-5-17(2)26(16)21(27)15-29-20-8-6-19(7-9-20)22(28)25-24-14-18-10-12-23-13-11-18/h6-14,16-17H,3-5,15H2,1-2H3,(H,25,28)/b24-14-/t16-,17-/m1/s1. The molecule has 0 radical (unpaired) electrons. The van der Waals surface area contributed by atoms with Crippen LogP contribution in [0.2, 0.25) is 0 Å². The summed E-state index contributed by atoms with van der Waals surface area (Å²) in [5.74, 6) is 0.221. The number of amides is 2. The molecule has 0 aliphatic carbocycles. The first kappa shape index (κ1) is 20.5. The second-order valence-corrected chi connectivity index (χ2v) is 7.22. The van der Waals surface area contributed by atoms with Gasteiger partial charge in [0.1, 0.15) is 5.75 Å². The van der Waals surface area contributed by atoms with Crippen molar-refractivity contribution >= 4 is 18.0 Å². The van der Waals surface area contributed by atoms with Gasteiger partial charge in [-0.05, 0) is 75.1 Å². The molecule has 2 aromatic rings. The molecule has 1 aliphatic rings. The number of benzene rings is 1. The SMILES string of the molecule is C[C@@H]1CCC[C@@H](C)N1C(=O)COc1ccc(C(=O)N/N=C\c2ccncc2)cc1. The van der Waals surface area contributed by atoms with E-state index in [9.17, 15) is 9.59 Å². The molecule has 3 rings (SSSR count). The number of likely N-dealkylation sites (tertiary alicyclic amines) is 1. The largest absolute Gasteiger partial charge is 0.484 e. The summed E-state index contributed by atoms with van der Waals surface area (Å²) in [6, 6.07) is 10.7. The van der Waals surface area contributed by atoms with Crippen molar-refractivity contribution in [2.45, 2.75) is 45.2 Å². The molecule has 0 spiro atoms. The zero-order valence-electron chi connectivity index (χ0n) is 16.7. The number of hydrazone groups is 1. The molecular formula is C22H26N4O3. The topological polar surface area (TPSA) is 83.9 Å². The maximum atomic E-state index is 12.5. The Balaban J connectivity index is 1.50. The molecule has 29 heavy (non-hydrogen) atoms. The maximum Gasteiger partial charge on any atom is 0.271 e. The summed E-state index contributed by atoms with van der Waals surface area (Å²) in [4.78, 5) is 30.5. The molecule has 0 unspecified atom stereocenters. The number of carbonyl (C=O) groups is 2. The summed E-state index contributed by atoms with van der Waals surface area (Å²) in [6.07, 6.45) is 8.07. The van der Waals surface area contributed by atoms with Crippen LogP contribution in [0.1, 0.15) is 49.0 Å². The highest BCUT2D eigenvalue weighted by molar-refractivity contribution is 5.95. The predicted octanol–water partition coefficient (Wildman–Crippen LogP) is 3.01. The van der Waals surface area contributed by atoms with Crippen LogP contribution in [-0.4, -0.2) is 46.6 Å². The minimum Gasteiger partial charge on any atom is -0.484 e. The van der Waals surface area contributed by atoms with Gasteiger partial charge >= 0.3 is 0 Å². The zero-order valence-corrected chi connectivity index (χ0v) is 16.7. The molecule has 2 heterocycles. The molecule has 1 fully saturated rings. The molecule has 1 saturated heterocycles. The van der Waals surface area contributed by atoms with Crippen LogP contribution in [0.4, 0.5) is 0 Å². The van der Waals surface area contributed by atoms with Gasteiger partial charge in [0.2, 0.25) is 0 Å². The van der Waals surface area contributed by atoms with Crippen molar-refractivity contribution in [3.8, 4) is 5.75 Å². The minimum absolute atomic E-state index is 0.00281. The lowest BCUT2D eigenvalue weighted by Crippen LogP contribution is -2.49. The molecule has 152 valence electrons. The van der Waals surface area contributed by atoms with Gasteiger partial charge in [-0.1, -0.05) is 0 Å². The predicted molar refractivity (Wildman–Crippen MR) is 111 cm³/mol. The van der Waals surface area contributed by atoms with Gasteiger partial charge in [-0.25, -0.2) is 5.43 Å². The van der Waals surface area contributed by atoms with Crippen LogP contribution in [0, 0.1) is 0 Å². The highest BCUT2D eigenvalue weighted by Gasteiger charge is 2.28. The van der Waals surface area contributed by atoms with E-state index in [1.807, 2.05) is 4.90 Å². The van der Waals surface area contributed by atoms with E-state index >= 15 is 0 Å². The molecule has 7 heteroatoms. The zero-order chi connectivity index (χ0) is 20.6. The lowest BCUT2D eigenvalue weighted by Gasteiger charge is -2.38. The van der Waals surface area contributed by atoms with Crippen LogP contribution in [0.5, 0.6) is 5.75 Å². The van der Waals surface area contributed by atoms with Crippen molar-refractivity contribution in [2.75, 3.05) is 6.61 Å². The molecular weight excluding hydrogens is 368 g/mol. The van der Waals surface area contributed by atoms with Gasteiger partial charge < -0.3 is 9.64 Å². The normalized spacial score (nSPS) is 19.2. The van der Waals surface area contributed by atoms with Gasteiger partial charge in [-0.15, -0.1) is 0 Å². The Morgan fingerprint density at radius 3 is 2.45 bits per heavy atom. The van der Waals surface area contributed by atoms with Gasteiger partial charge in [0.15, 0.2) is 6.61 Å². The van der Waals surface area contributed by atoms with E-state index in [4.69, 9.17) is 4.74 Å². The fraction of sp³-hybridized carbons (Fsp3) is 0.364. The first-order valence-corrected chi connectivity index (χ1v) is 9.82. The van der Waals surface area contributed by atoms with Crippen molar-refractivity contribution < 1.29 is 14.3 Å². The summed E-state index contributed by atoms with van der Waals surface area (Å²) < 4.78 is 5.63. The molecule has 0 saturated carbocycles. The van der Waals surface area contributed by atoms with E-state index in [1.165, 1.54) is 0 Å². The van der Waals surface area contributed by atoms with Gasteiger partial charge in [-0.3, -0.25) is 14.6 Å². The highest BCUT2D eigenvalue weighted by atomic mass is 16.5. The van der Waals surface area contributed by atoms with Crippen LogP contribution in [0.15, 0.2) is 53.9 Å². The summed E-state index contributed by atoms with van der Waals surface area (Å²) >= 11 is 0. The fourth-order valence-electron chi connectivity index (χ4n) is 3.51. The molecule has 1 aliphatic heterocycles. The number of hydrogen-bond donors (Lipinski definition) is 1. The Kier molecular flexibility index (Phi) is 6.94. The molecule has 0 bridgehead atoms. The van der Waals surface area contributed by atoms with Crippen molar-refractivity contribution in [1.29, 1.82) is 0 Å². The highest BCUT2D eigenvalue weighted by Crippen LogP contribution is 2.23. The molecule has 7 nitrogen and oxygen atoms in total. The minimum atomic E-state index is -0.325. The van der Waals surface area contributed by atoms with Crippen LogP contribution in [0.25, 0.3) is 0 Å². The number of nitrogens with zero attached hydrogens (tertiary/aromatic N) is 3. The average molecular weight is 394 g/mol. The summed E-state index contributed by atoms with van der Waals surface area (Å²) in [7, 11) is 0. The van der Waals surface area contributed by atoms with Crippen molar-refractivity contribution in [2.24, 2.45) is 5.10 Å². The monoisotopic (exact) mass is 394 g/mol. The molecule has 1 N–H and O–H groups in total. The summed E-state index contributed by atoms with van der Waals surface area (Å²) in [5.41, 5.74) is 3.77. The average Bonchev–Trinajstić information content (AvgIpc) is 2.73. The molecule has 2 amide bonds. The lowest BCUT2D eigenvalue weighted by molar-refractivity contribution is -0.139. The first-order valence-electron chi connectivity index (χ1n) is 9.82. The Hall–Kier alpha value is -3.22. The van der Waals surface area contributed by atoms with Crippen LogP contribution >= 0.6 is 0 Å². The number of piperidine rings is 1.